The Morgan fingerprint density at radius 1 is 1.62 bits per heavy atom. The number of nitrogens with two attached hydrogens (primary N) is 1. The van der Waals surface area contributed by atoms with Gasteiger partial charge in [-0.15, -0.1) is 0 Å². The fourth-order valence-electron chi connectivity index (χ4n) is 1.31. The van der Waals surface area contributed by atoms with E-state index < -0.39 is 5.97 Å². The van der Waals surface area contributed by atoms with E-state index in [1.54, 1.807) is 6.92 Å². The number of nitrogens with zero attached hydrogens (tertiary/aromatic N) is 2. The molecule has 0 aromatic carbocycles. The van der Waals surface area contributed by atoms with E-state index >= 15 is 0 Å². The monoisotopic (exact) mass is 240 g/mol. The Morgan fingerprint density at radius 2 is 2.38 bits per heavy atom. The molecular weight excluding hydrogens is 232 g/mol. The van der Waals surface area contributed by atoms with Gasteiger partial charge in [0.15, 0.2) is 0 Å². The SMILES string of the molecule is CCOC(=O)c1cc2c(Cl)nc(N)nc2[nH]1. The first-order valence-corrected chi connectivity index (χ1v) is 4.98. The van der Waals surface area contributed by atoms with Crippen molar-refractivity contribution < 1.29 is 9.53 Å². The van der Waals surface area contributed by atoms with Crippen LogP contribution in [0.5, 0.6) is 0 Å². The van der Waals surface area contributed by atoms with Crippen molar-refractivity contribution in [3.8, 4) is 0 Å². The van der Waals surface area contributed by atoms with E-state index in [1.807, 2.05) is 0 Å². The summed E-state index contributed by atoms with van der Waals surface area (Å²) in [5.74, 6) is -0.412. The predicted molar refractivity (Wildman–Crippen MR) is 59.3 cm³/mol. The average molecular weight is 241 g/mol. The number of aromatic nitrogens is 3. The van der Waals surface area contributed by atoms with Gasteiger partial charge in [-0.1, -0.05) is 11.6 Å². The summed E-state index contributed by atoms with van der Waals surface area (Å²) >= 11 is 5.85. The van der Waals surface area contributed by atoms with E-state index in [0.717, 1.165) is 0 Å². The zero-order valence-electron chi connectivity index (χ0n) is 8.45. The third-order valence-corrected chi connectivity index (χ3v) is 2.24. The number of rotatable bonds is 2. The minimum absolute atomic E-state index is 0.0507. The second kappa shape index (κ2) is 3.97. The van der Waals surface area contributed by atoms with Crippen molar-refractivity contribution in [2.75, 3.05) is 12.3 Å². The molecule has 0 fully saturated rings. The highest BCUT2D eigenvalue weighted by Crippen LogP contribution is 2.22. The van der Waals surface area contributed by atoms with E-state index in [0.29, 0.717) is 17.6 Å². The van der Waals surface area contributed by atoms with Crippen molar-refractivity contribution >= 4 is 34.6 Å². The van der Waals surface area contributed by atoms with E-state index in [9.17, 15) is 4.79 Å². The average Bonchev–Trinajstić information content (AvgIpc) is 2.62. The summed E-state index contributed by atoms with van der Waals surface area (Å²) in [6, 6.07) is 1.54. The lowest BCUT2D eigenvalue weighted by Gasteiger charge is -1.96. The van der Waals surface area contributed by atoms with Crippen LogP contribution in [0.15, 0.2) is 6.07 Å². The first-order valence-electron chi connectivity index (χ1n) is 4.60. The number of anilines is 1. The topological polar surface area (TPSA) is 93.9 Å². The van der Waals surface area contributed by atoms with Gasteiger partial charge in [-0.2, -0.15) is 4.98 Å². The highest BCUT2D eigenvalue weighted by atomic mass is 35.5. The standard InChI is InChI=1S/C9H9ClN4O2/c1-2-16-8(15)5-3-4-6(10)13-9(11)14-7(4)12-5/h3H,2H2,1H3,(H3,11,12,13,14). The number of aromatic amines is 1. The smallest absolute Gasteiger partial charge is 0.354 e. The number of nitrogens with one attached hydrogen (secondary N) is 1. The number of esters is 1. The molecule has 16 heavy (non-hydrogen) atoms. The molecule has 0 atom stereocenters. The molecule has 0 aliphatic carbocycles. The molecule has 0 saturated carbocycles. The number of nitrogen functional groups attached to an aromatic ring is 1. The van der Waals surface area contributed by atoms with Crippen LogP contribution >= 0.6 is 11.6 Å². The highest BCUT2D eigenvalue weighted by Gasteiger charge is 2.13. The van der Waals surface area contributed by atoms with Crippen LogP contribution in [0.2, 0.25) is 5.15 Å². The van der Waals surface area contributed by atoms with Crippen LogP contribution in [-0.4, -0.2) is 27.5 Å². The number of hydrogen-bond acceptors (Lipinski definition) is 5. The minimum Gasteiger partial charge on any atom is -0.461 e. The Bertz CT molecular complexity index is 552. The Balaban J connectivity index is 2.51. The van der Waals surface area contributed by atoms with Gasteiger partial charge >= 0.3 is 5.97 Å². The number of H-pyrrole nitrogens is 1. The molecule has 0 amide bonds. The van der Waals surface area contributed by atoms with Crippen LogP contribution in [0, 0.1) is 0 Å². The normalized spacial score (nSPS) is 10.6. The third kappa shape index (κ3) is 1.79. The summed E-state index contributed by atoms with van der Waals surface area (Å²) in [5, 5.41) is 0.744. The summed E-state index contributed by atoms with van der Waals surface area (Å²) in [7, 11) is 0. The molecule has 0 radical (unpaired) electrons. The van der Waals surface area contributed by atoms with Gasteiger partial charge in [-0.3, -0.25) is 0 Å². The molecule has 0 saturated heterocycles. The fraction of sp³-hybridized carbons (Fsp3) is 0.222. The van der Waals surface area contributed by atoms with E-state index in [1.165, 1.54) is 6.07 Å². The second-order valence-corrected chi connectivity index (χ2v) is 3.40. The predicted octanol–water partition coefficient (Wildman–Crippen LogP) is 1.37. The van der Waals surface area contributed by atoms with Crippen molar-refractivity contribution in [1.29, 1.82) is 0 Å². The fourth-order valence-corrected chi connectivity index (χ4v) is 1.54. The number of halogens is 1. The van der Waals surface area contributed by atoms with Crippen LogP contribution in [-0.2, 0) is 4.74 Å². The van der Waals surface area contributed by atoms with Crippen LogP contribution in [0.4, 0.5) is 5.95 Å². The van der Waals surface area contributed by atoms with Crippen molar-refractivity contribution in [2.24, 2.45) is 0 Å². The number of ether oxygens (including phenoxy) is 1. The third-order valence-electron chi connectivity index (χ3n) is 1.95. The van der Waals surface area contributed by atoms with Crippen molar-refractivity contribution in [2.45, 2.75) is 6.92 Å². The van der Waals surface area contributed by atoms with Gasteiger partial charge in [0.1, 0.15) is 16.5 Å². The molecule has 7 heteroatoms. The summed E-state index contributed by atoms with van der Waals surface area (Å²) in [4.78, 5) is 21.9. The van der Waals surface area contributed by atoms with Gasteiger partial charge in [0.25, 0.3) is 0 Å². The Labute approximate surface area is 95.8 Å². The number of hydrogen-bond donors (Lipinski definition) is 2. The number of carbonyl (C=O) groups excluding carboxylic acids is 1. The molecule has 2 rings (SSSR count). The zero-order valence-corrected chi connectivity index (χ0v) is 9.21. The first-order chi connectivity index (χ1) is 7.61. The second-order valence-electron chi connectivity index (χ2n) is 3.04. The Morgan fingerprint density at radius 3 is 3.06 bits per heavy atom. The maximum absolute atomic E-state index is 11.4. The van der Waals surface area contributed by atoms with Crippen LogP contribution in [0.1, 0.15) is 17.4 Å². The quantitative estimate of drug-likeness (QED) is 0.611. The molecule has 0 unspecified atom stereocenters. The van der Waals surface area contributed by atoms with Crippen molar-refractivity contribution in [3.05, 3.63) is 16.9 Å². The van der Waals surface area contributed by atoms with E-state index in [4.69, 9.17) is 22.1 Å². The highest BCUT2D eigenvalue weighted by molar-refractivity contribution is 6.34. The zero-order chi connectivity index (χ0) is 11.7. The molecule has 0 aliphatic rings. The summed E-state index contributed by atoms with van der Waals surface area (Å²) in [6.07, 6.45) is 0. The van der Waals surface area contributed by atoms with Crippen molar-refractivity contribution in [1.82, 2.24) is 15.0 Å². The number of fused-ring (bicyclic) bond motifs is 1. The molecular formula is C9H9ClN4O2. The molecule has 2 aromatic rings. The summed E-state index contributed by atoms with van der Waals surface area (Å²) in [6.45, 7) is 2.03. The van der Waals surface area contributed by atoms with Crippen LogP contribution in [0.3, 0.4) is 0 Å². The largest absolute Gasteiger partial charge is 0.461 e. The molecule has 2 aromatic heterocycles. The maximum atomic E-state index is 11.4. The summed E-state index contributed by atoms with van der Waals surface area (Å²) < 4.78 is 4.83. The Hall–Kier alpha value is -1.82. The van der Waals surface area contributed by atoms with Crippen LogP contribution in [0.25, 0.3) is 11.0 Å². The maximum Gasteiger partial charge on any atom is 0.354 e. The van der Waals surface area contributed by atoms with Gasteiger partial charge in [0.05, 0.1) is 12.0 Å². The molecule has 84 valence electrons. The molecule has 0 aliphatic heterocycles. The lowest BCUT2D eigenvalue weighted by atomic mass is 10.3. The van der Waals surface area contributed by atoms with E-state index in [2.05, 4.69) is 15.0 Å². The lowest BCUT2D eigenvalue weighted by Crippen LogP contribution is -2.04. The number of carbonyl (C=O) groups is 1. The Kier molecular flexibility index (Phi) is 2.66. The molecule has 0 bridgehead atoms. The molecule has 3 N–H and O–H groups in total. The van der Waals surface area contributed by atoms with Crippen molar-refractivity contribution in [3.63, 3.8) is 0 Å². The molecule has 0 spiro atoms. The minimum atomic E-state index is -0.463. The van der Waals surface area contributed by atoms with Gasteiger partial charge in [0, 0.05) is 0 Å². The van der Waals surface area contributed by atoms with Gasteiger partial charge in [-0.05, 0) is 13.0 Å². The molecule has 2 heterocycles. The summed E-state index contributed by atoms with van der Waals surface area (Å²) in [5.41, 5.74) is 6.12. The van der Waals surface area contributed by atoms with E-state index in [-0.39, 0.29) is 16.8 Å². The lowest BCUT2D eigenvalue weighted by molar-refractivity contribution is 0.0520. The van der Waals surface area contributed by atoms with Gasteiger partial charge < -0.3 is 15.5 Å². The molecule has 6 nitrogen and oxygen atoms in total. The first kappa shape index (κ1) is 10.7. The van der Waals surface area contributed by atoms with Crippen LogP contribution < -0.4 is 5.73 Å². The van der Waals surface area contributed by atoms with Gasteiger partial charge in [-0.25, -0.2) is 9.78 Å². The van der Waals surface area contributed by atoms with Gasteiger partial charge in [0.2, 0.25) is 5.95 Å².